The van der Waals surface area contributed by atoms with E-state index in [-0.39, 0.29) is 0 Å². The van der Waals surface area contributed by atoms with Crippen molar-refractivity contribution in [3.63, 3.8) is 0 Å². The standard InChI is InChI=1S/C10H17N3OS/c1-7-6-8(11)13-9(12-7)15-5-4-10(2,3)14/h6,14H,4-5H2,1-3H3,(H2,11,12,13). The Balaban J connectivity index is 2.51. The number of nitrogens with two attached hydrogens (primary N) is 1. The van der Waals surface area contributed by atoms with Crippen molar-refractivity contribution in [3.8, 4) is 0 Å². The molecule has 0 amide bonds. The molecule has 0 saturated heterocycles. The van der Waals surface area contributed by atoms with Crippen molar-refractivity contribution in [3.05, 3.63) is 11.8 Å². The average Bonchev–Trinajstić information content (AvgIpc) is 1.99. The molecule has 0 spiro atoms. The van der Waals surface area contributed by atoms with Gasteiger partial charge in [-0.2, -0.15) is 0 Å². The summed E-state index contributed by atoms with van der Waals surface area (Å²) in [5, 5.41) is 10.2. The highest BCUT2D eigenvalue weighted by molar-refractivity contribution is 7.99. The monoisotopic (exact) mass is 227 g/mol. The molecule has 5 heteroatoms. The lowest BCUT2D eigenvalue weighted by Crippen LogP contribution is -2.19. The molecule has 0 aromatic carbocycles. The van der Waals surface area contributed by atoms with Gasteiger partial charge in [0.15, 0.2) is 5.16 Å². The Morgan fingerprint density at radius 3 is 2.67 bits per heavy atom. The molecule has 0 atom stereocenters. The molecule has 15 heavy (non-hydrogen) atoms. The molecule has 1 heterocycles. The van der Waals surface area contributed by atoms with E-state index in [1.54, 1.807) is 19.9 Å². The molecule has 4 nitrogen and oxygen atoms in total. The third-order valence-corrected chi connectivity index (χ3v) is 2.65. The zero-order valence-electron chi connectivity index (χ0n) is 9.32. The van der Waals surface area contributed by atoms with Gasteiger partial charge in [0, 0.05) is 17.5 Å². The molecule has 0 unspecified atom stereocenters. The lowest BCUT2D eigenvalue weighted by molar-refractivity contribution is 0.0777. The van der Waals surface area contributed by atoms with Crippen LogP contribution in [0.5, 0.6) is 0 Å². The maximum Gasteiger partial charge on any atom is 0.189 e. The van der Waals surface area contributed by atoms with Crippen LogP contribution in [0.2, 0.25) is 0 Å². The number of aromatic nitrogens is 2. The molecule has 1 rings (SSSR count). The fourth-order valence-corrected chi connectivity index (χ4v) is 2.18. The quantitative estimate of drug-likeness (QED) is 0.604. The summed E-state index contributed by atoms with van der Waals surface area (Å²) in [5.41, 5.74) is 5.84. The highest BCUT2D eigenvalue weighted by Crippen LogP contribution is 2.19. The van der Waals surface area contributed by atoms with Crippen LogP contribution in [0.1, 0.15) is 26.0 Å². The second-order valence-electron chi connectivity index (χ2n) is 4.13. The SMILES string of the molecule is Cc1cc(N)nc(SCCC(C)(C)O)n1. The Morgan fingerprint density at radius 1 is 1.47 bits per heavy atom. The van der Waals surface area contributed by atoms with Crippen LogP contribution in [0.3, 0.4) is 0 Å². The largest absolute Gasteiger partial charge is 0.390 e. The highest BCUT2D eigenvalue weighted by Gasteiger charge is 2.12. The van der Waals surface area contributed by atoms with Crippen LogP contribution in [0.15, 0.2) is 11.2 Å². The van der Waals surface area contributed by atoms with Gasteiger partial charge < -0.3 is 10.8 Å². The fourth-order valence-electron chi connectivity index (χ4n) is 1.02. The maximum absolute atomic E-state index is 9.53. The Kier molecular flexibility index (Phi) is 3.93. The topological polar surface area (TPSA) is 72.0 Å². The number of nitrogen functional groups attached to an aromatic ring is 1. The van der Waals surface area contributed by atoms with Crippen molar-refractivity contribution in [2.45, 2.75) is 37.9 Å². The first-order valence-electron chi connectivity index (χ1n) is 4.83. The molecular weight excluding hydrogens is 210 g/mol. The lowest BCUT2D eigenvalue weighted by atomic mass is 10.1. The zero-order chi connectivity index (χ0) is 11.5. The second kappa shape index (κ2) is 4.81. The van der Waals surface area contributed by atoms with Crippen LogP contribution in [-0.2, 0) is 0 Å². The number of nitrogens with zero attached hydrogens (tertiary/aromatic N) is 2. The van der Waals surface area contributed by atoms with E-state index in [2.05, 4.69) is 9.97 Å². The van der Waals surface area contributed by atoms with Crippen LogP contribution in [-0.4, -0.2) is 26.4 Å². The van der Waals surface area contributed by atoms with Crippen LogP contribution in [0.25, 0.3) is 0 Å². The Bertz CT molecular complexity index is 316. The average molecular weight is 227 g/mol. The first-order valence-corrected chi connectivity index (χ1v) is 5.82. The summed E-state index contributed by atoms with van der Waals surface area (Å²) in [6, 6.07) is 1.74. The van der Waals surface area contributed by atoms with Gasteiger partial charge in [0.25, 0.3) is 0 Å². The van der Waals surface area contributed by atoms with Gasteiger partial charge in [-0.05, 0) is 27.2 Å². The molecule has 0 radical (unpaired) electrons. The van der Waals surface area contributed by atoms with Crippen molar-refractivity contribution < 1.29 is 5.11 Å². The summed E-state index contributed by atoms with van der Waals surface area (Å²) in [5.74, 6) is 1.28. The van der Waals surface area contributed by atoms with Gasteiger partial charge >= 0.3 is 0 Å². The van der Waals surface area contributed by atoms with E-state index in [4.69, 9.17) is 5.73 Å². The van der Waals surface area contributed by atoms with E-state index in [9.17, 15) is 5.11 Å². The molecular formula is C10H17N3OS. The predicted octanol–water partition coefficient (Wildman–Crippen LogP) is 1.62. The Hall–Kier alpha value is -0.810. The number of hydrogen-bond donors (Lipinski definition) is 2. The third-order valence-electron chi connectivity index (χ3n) is 1.80. The van der Waals surface area contributed by atoms with Crippen LogP contribution in [0, 0.1) is 6.92 Å². The summed E-state index contributed by atoms with van der Waals surface area (Å²) in [4.78, 5) is 8.35. The number of aryl methyl sites for hydroxylation is 1. The minimum atomic E-state index is -0.637. The van der Waals surface area contributed by atoms with Gasteiger partial charge in [-0.25, -0.2) is 9.97 Å². The molecule has 0 fully saturated rings. The Labute approximate surface area is 94.3 Å². The van der Waals surface area contributed by atoms with Gasteiger partial charge in [-0.1, -0.05) is 11.8 Å². The first kappa shape index (κ1) is 12.3. The van der Waals surface area contributed by atoms with E-state index in [0.717, 1.165) is 11.4 Å². The van der Waals surface area contributed by atoms with E-state index < -0.39 is 5.60 Å². The molecule has 0 saturated carbocycles. The smallest absolute Gasteiger partial charge is 0.189 e. The maximum atomic E-state index is 9.53. The minimum Gasteiger partial charge on any atom is -0.390 e. The highest BCUT2D eigenvalue weighted by atomic mass is 32.2. The summed E-state index contributed by atoms with van der Waals surface area (Å²) in [6.07, 6.45) is 0.703. The molecule has 1 aromatic heterocycles. The van der Waals surface area contributed by atoms with Gasteiger partial charge in [0.05, 0.1) is 5.60 Å². The van der Waals surface area contributed by atoms with Crippen molar-refractivity contribution in [2.75, 3.05) is 11.5 Å². The van der Waals surface area contributed by atoms with E-state index in [1.165, 1.54) is 11.8 Å². The van der Waals surface area contributed by atoms with Gasteiger partial charge in [0.1, 0.15) is 5.82 Å². The molecule has 3 N–H and O–H groups in total. The summed E-state index contributed by atoms with van der Waals surface area (Å²) < 4.78 is 0. The number of thioether (sulfide) groups is 1. The van der Waals surface area contributed by atoms with Crippen molar-refractivity contribution >= 4 is 17.6 Å². The van der Waals surface area contributed by atoms with Crippen molar-refractivity contribution in [1.82, 2.24) is 9.97 Å². The van der Waals surface area contributed by atoms with Gasteiger partial charge in [-0.15, -0.1) is 0 Å². The molecule has 1 aromatic rings. The normalized spacial score (nSPS) is 11.7. The molecule has 0 aliphatic heterocycles. The molecule has 84 valence electrons. The molecule has 0 bridgehead atoms. The van der Waals surface area contributed by atoms with Gasteiger partial charge in [0.2, 0.25) is 0 Å². The third kappa shape index (κ3) is 4.99. The number of anilines is 1. The second-order valence-corrected chi connectivity index (χ2v) is 5.19. The summed E-state index contributed by atoms with van der Waals surface area (Å²) in [6.45, 7) is 5.47. The van der Waals surface area contributed by atoms with Crippen molar-refractivity contribution in [1.29, 1.82) is 0 Å². The van der Waals surface area contributed by atoms with E-state index >= 15 is 0 Å². The molecule has 0 aliphatic rings. The summed E-state index contributed by atoms with van der Waals surface area (Å²) >= 11 is 1.51. The zero-order valence-corrected chi connectivity index (χ0v) is 10.1. The predicted molar refractivity (Wildman–Crippen MR) is 62.8 cm³/mol. The van der Waals surface area contributed by atoms with Crippen molar-refractivity contribution in [2.24, 2.45) is 0 Å². The van der Waals surface area contributed by atoms with Crippen LogP contribution in [0.4, 0.5) is 5.82 Å². The van der Waals surface area contributed by atoms with E-state index in [1.807, 2.05) is 6.92 Å². The number of hydrogen-bond acceptors (Lipinski definition) is 5. The Morgan fingerprint density at radius 2 is 2.13 bits per heavy atom. The number of rotatable bonds is 4. The molecule has 0 aliphatic carbocycles. The summed E-state index contributed by atoms with van der Waals surface area (Å²) in [7, 11) is 0. The fraction of sp³-hybridized carbons (Fsp3) is 0.600. The first-order chi connectivity index (χ1) is 6.87. The van der Waals surface area contributed by atoms with E-state index in [0.29, 0.717) is 17.4 Å². The minimum absolute atomic E-state index is 0.494. The van der Waals surface area contributed by atoms with Crippen LogP contribution >= 0.6 is 11.8 Å². The van der Waals surface area contributed by atoms with Gasteiger partial charge in [-0.3, -0.25) is 0 Å². The number of aliphatic hydroxyl groups is 1. The lowest BCUT2D eigenvalue weighted by Gasteiger charge is -2.15. The van der Waals surface area contributed by atoms with Crippen LogP contribution < -0.4 is 5.73 Å².